The van der Waals surface area contributed by atoms with Crippen molar-refractivity contribution in [1.82, 2.24) is 9.38 Å². The minimum absolute atomic E-state index is 0.732. The summed E-state index contributed by atoms with van der Waals surface area (Å²) in [4.78, 5) is 4.60. The van der Waals surface area contributed by atoms with Gasteiger partial charge in [-0.3, -0.25) is 4.40 Å². The van der Waals surface area contributed by atoms with Crippen LogP contribution in [-0.4, -0.2) is 20.4 Å². The van der Waals surface area contributed by atoms with Crippen molar-refractivity contribution in [2.75, 3.05) is 5.75 Å². The largest absolute Gasteiger partial charge is 0.290 e. The Morgan fingerprint density at radius 2 is 2.44 bits per heavy atom. The molecular formula is C12H13ClN2S. The highest BCUT2D eigenvalue weighted by Crippen LogP contribution is 2.29. The van der Waals surface area contributed by atoms with E-state index in [0.717, 1.165) is 28.2 Å². The lowest BCUT2D eigenvalue weighted by molar-refractivity contribution is 0.767. The molecule has 3 rings (SSSR count). The molecule has 1 aliphatic heterocycles. The normalized spacial score (nSPS) is 20.7. The average molecular weight is 253 g/mol. The molecule has 1 saturated heterocycles. The van der Waals surface area contributed by atoms with Gasteiger partial charge in [0.2, 0.25) is 0 Å². The fourth-order valence-corrected chi connectivity index (χ4v) is 3.66. The molecule has 2 nitrogen and oxygen atoms in total. The molecule has 0 bridgehead atoms. The van der Waals surface area contributed by atoms with Crippen LogP contribution >= 0.6 is 23.4 Å². The summed E-state index contributed by atoms with van der Waals surface area (Å²) in [6.07, 6.45) is 5.81. The van der Waals surface area contributed by atoms with Crippen molar-refractivity contribution in [3.05, 3.63) is 35.2 Å². The molecule has 3 heterocycles. The molecule has 0 aliphatic carbocycles. The van der Waals surface area contributed by atoms with E-state index in [1.54, 1.807) is 0 Å². The first kappa shape index (κ1) is 10.5. The first-order chi connectivity index (χ1) is 7.83. The van der Waals surface area contributed by atoms with Gasteiger partial charge in [0.1, 0.15) is 10.8 Å². The van der Waals surface area contributed by atoms with Gasteiger partial charge in [0.25, 0.3) is 0 Å². The maximum absolute atomic E-state index is 6.10. The van der Waals surface area contributed by atoms with E-state index >= 15 is 0 Å². The molecule has 2 aromatic rings. The van der Waals surface area contributed by atoms with Gasteiger partial charge in [0.15, 0.2) is 0 Å². The van der Waals surface area contributed by atoms with Gasteiger partial charge < -0.3 is 0 Å². The second kappa shape index (κ2) is 4.30. The van der Waals surface area contributed by atoms with Gasteiger partial charge in [0.05, 0.1) is 5.69 Å². The molecule has 0 amide bonds. The van der Waals surface area contributed by atoms with Gasteiger partial charge in [-0.25, -0.2) is 4.98 Å². The summed E-state index contributed by atoms with van der Waals surface area (Å²) in [5.41, 5.74) is 2.11. The van der Waals surface area contributed by atoms with Gasteiger partial charge >= 0.3 is 0 Å². The smallest absolute Gasteiger partial charge is 0.138 e. The summed E-state index contributed by atoms with van der Waals surface area (Å²) in [7, 11) is 0. The molecule has 1 fully saturated rings. The van der Waals surface area contributed by atoms with E-state index in [9.17, 15) is 0 Å². The zero-order chi connectivity index (χ0) is 11.0. The first-order valence-electron chi connectivity index (χ1n) is 5.57. The van der Waals surface area contributed by atoms with Crippen LogP contribution in [0.4, 0.5) is 0 Å². The number of imidazole rings is 1. The van der Waals surface area contributed by atoms with Gasteiger partial charge in [-0.05, 0) is 30.7 Å². The van der Waals surface area contributed by atoms with E-state index in [2.05, 4.69) is 22.9 Å². The quantitative estimate of drug-likeness (QED) is 0.762. The monoisotopic (exact) mass is 252 g/mol. The molecule has 0 N–H and O–H groups in total. The highest BCUT2D eigenvalue weighted by atomic mass is 35.5. The molecular weight excluding hydrogens is 240 g/mol. The van der Waals surface area contributed by atoms with Crippen LogP contribution in [0.2, 0.25) is 5.15 Å². The van der Waals surface area contributed by atoms with Crippen molar-refractivity contribution >= 4 is 29.0 Å². The average Bonchev–Trinajstić information content (AvgIpc) is 2.88. The second-order valence-corrected chi connectivity index (χ2v) is 5.94. The molecule has 1 aliphatic rings. The second-order valence-electron chi connectivity index (χ2n) is 4.15. The summed E-state index contributed by atoms with van der Waals surface area (Å²) >= 11 is 8.17. The molecule has 2 aromatic heterocycles. The number of aromatic nitrogens is 2. The Kier molecular flexibility index (Phi) is 2.82. The molecule has 0 radical (unpaired) electrons. The Bertz CT molecular complexity index is 503. The van der Waals surface area contributed by atoms with Crippen LogP contribution in [0, 0.1) is 0 Å². The fraction of sp³-hybridized carbons (Fsp3) is 0.417. The third-order valence-electron chi connectivity index (χ3n) is 2.95. The fourth-order valence-electron chi connectivity index (χ4n) is 2.16. The van der Waals surface area contributed by atoms with Crippen LogP contribution in [0.25, 0.3) is 5.65 Å². The standard InChI is InChI=1S/C12H13ClN2S/c13-11-4-1-5-12-14-9(8-15(11)12)7-10-3-2-6-16-10/h1,4-5,8,10H,2-3,6-7H2. The molecule has 0 aromatic carbocycles. The van der Waals surface area contributed by atoms with Crippen LogP contribution in [0.3, 0.4) is 0 Å². The maximum atomic E-state index is 6.10. The summed E-state index contributed by atoms with van der Waals surface area (Å²) in [6, 6.07) is 5.83. The van der Waals surface area contributed by atoms with Crippen molar-refractivity contribution in [1.29, 1.82) is 0 Å². The summed E-state index contributed by atoms with van der Waals surface area (Å²) in [6.45, 7) is 0. The SMILES string of the molecule is Clc1cccc2nc(CC3CCCS3)cn12. The Hall–Kier alpha value is -0.670. The zero-order valence-corrected chi connectivity index (χ0v) is 10.5. The molecule has 84 valence electrons. The van der Waals surface area contributed by atoms with Crippen LogP contribution in [0.15, 0.2) is 24.4 Å². The molecule has 0 spiro atoms. The van der Waals surface area contributed by atoms with Gasteiger partial charge in [0, 0.05) is 17.9 Å². The molecule has 1 atom stereocenters. The van der Waals surface area contributed by atoms with Crippen LogP contribution in [-0.2, 0) is 6.42 Å². The van der Waals surface area contributed by atoms with E-state index in [4.69, 9.17) is 11.6 Å². The van der Waals surface area contributed by atoms with E-state index < -0.39 is 0 Å². The number of fused-ring (bicyclic) bond motifs is 1. The number of hydrogen-bond donors (Lipinski definition) is 0. The van der Waals surface area contributed by atoms with Crippen LogP contribution in [0.1, 0.15) is 18.5 Å². The maximum Gasteiger partial charge on any atom is 0.138 e. The molecule has 16 heavy (non-hydrogen) atoms. The minimum Gasteiger partial charge on any atom is -0.290 e. The van der Waals surface area contributed by atoms with Gasteiger partial charge in [-0.1, -0.05) is 17.7 Å². The van der Waals surface area contributed by atoms with E-state index in [0.29, 0.717) is 0 Å². The van der Waals surface area contributed by atoms with Crippen LogP contribution < -0.4 is 0 Å². The number of halogens is 1. The number of hydrogen-bond acceptors (Lipinski definition) is 2. The summed E-state index contributed by atoms with van der Waals surface area (Å²) in [5.74, 6) is 1.30. The highest BCUT2D eigenvalue weighted by Gasteiger charge is 2.17. The topological polar surface area (TPSA) is 17.3 Å². The highest BCUT2D eigenvalue weighted by molar-refractivity contribution is 8.00. The van der Waals surface area contributed by atoms with E-state index in [-0.39, 0.29) is 0 Å². The van der Waals surface area contributed by atoms with Gasteiger partial charge in [-0.15, -0.1) is 0 Å². The Morgan fingerprint density at radius 3 is 3.19 bits per heavy atom. The molecule has 1 unspecified atom stereocenters. The van der Waals surface area contributed by atoms with Crippen molar-refractivity contribution in [2.24, 2.45) is 0 Å². The number of thioether (sulfide) groups is 1. The number of rotatable bonds is 2. The third kappa shape index (κ3) is 1.94. The Morgan fingerprint density at radius 1 is 1.50 bits per heavy atom. The molecule has 0 saturated carbocycles. The Labute approximate surface area is 104 Å². The van der Waals surface area contributed by atoms with Crippen molar-refractivity contribution < 1.29 is 0 Å². The third-order valence-corrected chi connectivity index (χ3v) is 4.66. The van der Waals surface area contributed by atoms with E-state index in [1.807, 2.05) is 22.6 Å². The predicted octanol–water partition coefficient (Wildman–Crippen LogP) is 3.43. The molecule has 4 heteroatoms. The lowest BCUT2D eigenvalue weighted by Crippen LogP contribution is -2.01. The summed E-state index contributed by atoms with van der Waals surface area (Å²) < 4.78 is 1.95. The number of nitrogens with zero attached hydrogens (tertiary/aromatic N) is 2. The lowest BCUT2D eigenvalue weighted by atomic mass is 10.2. The lowest BCUT2D eigenvalue weighted by Gasteiger charge is -2.03. The summed E-state index contributed by atoms with van der Waals surface area (Å²) in [5, 5.41) is 1.49. The Balaban J connectivity index is 1.90. The van der Waals surface area contributed by atoms with Crippen LogP contribution in [0.5, 0.6) is 0 Å². The minimum atomic E-state index is 0.732. The van der Waals surface area contributed by atoms with Crippen molar-refractivity contribution in [3.8, 4) is 0 Å². The predicted molar refractivity (Wildman–Crippen MR) is 69.4 cm³/mol. The first-order valence-corrected chi connectivity index (χ1v) is 7.00. The van der Waals surface area contributed by atoms with Gasteiger partial charge in [-0.2, -0.15) is 11.8 Å². The van der Waals surface area contributed by atoms with E-state index in [1.165, 1.54) is 18.6 Å². The zero-order valence-electron chi connectivity index (χ0n) is 8.90. The van der Waals surface area contributed by atoms with Crippen molar-refractivity contribution in [3.63, 3.8) is 0 Å². The number of pyridine rings is 1. The van der Waals surface area contributed by atoms with Crippen molar-refractivity contribution in [2.45, 2.75) is 24.5 Å².